The minimum absolute atomic E-state index is 0.00654. The Morgan fingerprint density at radius 1 is 1.28 bits per heavy atom. The van der Waals surface area contributed by atoms with Gasteiger partial charge in [0.15, 0.2) is 0 Å². The first kappa shape index (κ1) is 13.5. The van der Waals surface area contributed by atoms with E-state index in [1.807, 2.05) is 4.90 Å². The molecule has 0 spiro atoms. The molecule has 18 heavy (non-hydrogen) atoms. The molecule has 100 valence electrons. The SMILES string of the molecule is NC1CCCN(c2cc(Cl)cc(C(F)(F)F)c2)C1. The van der Waals surface area contributed by atoms with Crippen molar-refractivity contribution in [2.24, 2.45) is 5.73 Å². The van der Waals surface area contributed by atoms with Gasteiger partial charge in [0.25, 0.3) is 0 Å². The lowest BCUT2D eigenvalue weighted by Crippen LogP contribution is -2.42. The van der Waals surface area contributed by atoms with E-state index in [2.05, 4.69) is 0 Å². The molecule has 0 bridgehead atoms. The van der Waals surface area contributed by atoms with Crippen molar-refractivity contribution in [2.75, 3.05) is 18.0 Å². The largest absolute Gasteiger partial charge is 0.416 e. The lowest BCUT2D eigenvalue weighted by molar-refractivity contribution is -0.137. The number of rotatable bonds is 1. The first-order valence-corrected chi connectivity index (χ1v) is 6.12. The van der Waals surface area contributed by atoms with Gasteiger partial charge >= 0.3 is 6.18 Å². The summed E-state index contributed by atoms with van der Waals surface area (Å²) in [7, 11) is 0. The molecule has 1 saturated heterocycles. The van der Waals surface area contributed by atoms with Crippen molar-refractivity contribution >= 4 is 17.3 Å². The highest BCUT2D eigenvalue weighted by molar-refractivity contribution is 6.30. The summed E-state index contributed by atoms with van der Waals surface area (Å²) < 4.78 is 38.1. The van der Waals surface area contributed by atoms with Crippen molar-refractivity contribution < 1.29 is 13.2 Å². The average molecular weight is 279 g/mol. The third-order valence-corrected chi connectivity index (χ3v) is 3.25. The molecule has 1 aliphatic rings. The maximum Gasteiger partial charge on any atom is 0.416 e. The van der Waals surface area contributed by atoms with Crippen molar-refractivity contribution in [3.05, 3.63) is 28.8 Å². The molecule has 0 radical (unpaired) electrons. The van der Waals surface area contributed by atoms with Gasteiger partial charge in [0.05, 0.1) is 5.56 Å². The normalized spacial score (nSPS) is 21.2. The first-order chi connectivity index (χ1) is 8.36. The van der Waals surface area contributed by atoms with Gasteiger partial charge in [-0.1, -0.05) is 11.6 Å². The van der Waals surface area contributed by atoms with Gasteiger partial charge in [-0.3, -0.25) is 0 Å². The molecule has 0 aromatic heterocycles. The van der Waals surface area contributed by atoms with Crippen molar-refractivity contribution in [1.29, 1.82) is 0 Å². The molecule has 2 N–H and O–H groups in total. The third kappa shape index (κ3) is 3.09. The molecule has 1 aromatic carbocycles. The van der Waals surface area contributed by atoms with Gasteiger partial charge in [-0.2, -0.15) is 13.2 Å². The highest BCUT2D eigenvalue weighted by Gasteiger charge is 2.32. The van der Waals surface area contributed by atoms with Crippen molar-refractivity contribution in [3.8, 4) is 0 Å². The summed E-state index contributed by atoms with van der Waals surface area (Å²) in [6.45, 7) is 1.28. The smallest absolute Gasteiger partial charge is 0.370 e. The lowest BCUT2D eigenvalue weighted by atomic mass is 10.1. The van der Waals surface area contributed by atoms with E-state index in [9.17, 15) is 13.2 Å². The van der Waals surface area contributed by atoms with E-state index in [4.69, 9.17) is 17.3 Å². The monoisotopic (exact) mass is 278 g/mol. The molecule has 1 heterocycles. The van der Waals surface area contributed by atoms with Crippen LogP contribution in [-0.2, 0) is 6.18 Å². The van der Waals surface area contributed by atoms with Crippen LogP contribution in [0.3, 0.4) is 0 Å². The van der Waals surface area contributed by atoms with Crippen LogP contribution < -0.4 is 10.6 Å². The van der Waals surface area contributed by atoms with Crippen LogP contribution in [0.15, 0.2) is 18.2 Å². The Bertz CT molecular complexity index is 434. The van der Waals surface area contributed by atoms with E-state index in [0.29, 0.717) is 18.8 Å². The number of piperidine rings is 1. The number of alkyl halides is 3. The van der Waals surface area contributed by atoms with Gasteiger partial charge in [0, 0.05) is 29.8 Å². The fourth-order valence-corrected chi connectivity index (χ4v) is 2.39. The van der Waals surface area contributed by atoms with Crippen LogP contribution in [0.25, 0.3) is 0 Å². The Morgan fingerprint density at radius 3 is 2.61 bits per heavy atom. The molecular formula is C12H14ClF3N2. The number of benzene rings is 1. The van der Waals surface area contributed by atoms with Crippen LogP contribution in [0.5, 0.6) is 0 Å². The minimum atomic E-state index is -4.38. The Labute approximate surface area is 109 Å². The van der Waals surface area contributed by atoms with Crippen molar-refractivity contribution in [3.63, 3.8) is 0 Å². The highest BCUT2D eigenvalue weighted by atomic mass is 35.5. The molecule has 0 saturated carbocycles. The molecule has 1 aliphatic heterocycles. The molecule has 1 aromatic rings. The Kier molecular flexibility index (Phi) is 3.73. The second kappa shape index (κ2) is 4.97. The summed E-state index contributed by atoms with van der Waals surface area (Å²) in [5, 5.41) is 0.0963. The van der Waals surface area contributed by atoms with Crippen molar-refractivity contribution in [1.82, 2.24) is 0 Å². The van der Waals surface area contributed by atoms with E-state index in [-0.39, 0.29) is 11.1 Å². The van der Waals surface area contributed by atoms with Crippen LogP contribution in [-0.4, -0.2) is 19.1 Å². The number of nitrogens with two attached hydrogens (primary N) is 1. The minimum Gasteiger partial charge on any atom is -0.370 e. The van der Waals surface area contributed by atoms with Crippen LogP contribution in [0.4, 0.5) is 18.9 Å². The topological polar surface area (TPSA) is 29.3 Å². The predicted molar refractivity (Wildman–Crippen MR) is 65.9 cm³/mol. The molecule has 0 amide bonds. The first-order valence-electron chi connectivity index (χ1n) is 5.74. The summed E-state index contributed by atoms with van der Waals surface area (Å²) in [6, 6.07) is 3.63. The Balaban J connectivity index is 2.30. The number of anilines is 1. The predicted octanol–water partition coefficient (Wildman–Crippen LogP) is 3.29. The second-order valence-electron chi connectivity index (χ2n) is 4.54. The van der Waals surface area contributed by atoms with Gasteiger partial charge in [0.1, 0.15) is 0 Å². The number of halogens is 4. The number of nitrogens with zero attached hydrogens (tertiary/aromatic N) is 1. The summed E-state index contributed by atoms with van der Waals surface area (Å²) in [5.74, 6) is 0. The van der Waals surface area contributed by atoms with Crippen LogP contribution in [0.1, 0.15) is 18.4 Å². The molecule has 1 atom stereocenters. The molecule has 1 fully saturated rings. The van der Waals surface area contributed by atoms with Gasteiger partial charge in [-0.25, -0.2) is 0 Å². The van der Waals surface area contributed by atoms with Gasteiger partial charge < -0.3 is 10.6 Å². The van der Waals surface area contributed by atoms with Crippen LogP contribution >= 0.6 is 11.6 Å². The van der Waals surface area contributed by atoms with Gasteiger partial charge in [-0.15, -0.1) is 0 Å². The molecule has 0 aliphatic carbocycles. The van der Waals surface area contributed by atoms with E-state index < -0.39 is 11.7 Å². The standard InChI is InChI=1S/C12H14ClF3N2/c13-9-4-8(12(14,15)16)5-11(6-9)18-3-1-2-10(17)7-18/h4-6,10H,1-3,7,17H2. The summed E-state index contributed by atoms with van der Waals surface area (Å²) in [6.07, 6.45) is -2.59. The zero-order valence-electron chi connectivity index (χ0n) is 9.67. The second-order valence-corrected chi connectivity index (χ2v) is 4.98. The zero-order valence-corrected chi connectivity index (χ0v) is 10.4. The molecule has 2 nitrogen and oxygen atoms in total. The summed E-state index contributed by atoms with van der Waals surface area (Å²) in [4.78, 5) is 1.86. The van der Waals surface area contributed by atoms with Gasteiger partial charge in [-0.05, 0) is 31.0 Å². The maximum absolute atomic E-state index is 12.7. The van der Waals surface area contributed by atoms with E-state index in [0.717, 1.165) is 25.0 Å². The number of hydrogen-bond donors (Lipinski definition) is 1. The Morgan fingerprint density at radius 2 is 2.00 bits per heavy atom. The fraction of sp³-hybridized carbons (Fsp3) is 0.500. The van der Waals surface area contributed by atoms with Crippen LogP contribution in [0, 0.1) is 0 Å². The highest BCUT2D eigenvalue weighted by Crippen LogP contribution is 2.34. The zero-order chi connectivity index (χ0) is 13.3. The van der Waals surface area contributed by atoms with Crippen molar-refractivity contribution in [2.45, 2.75) is 25.1 Å². The van der Waals surface area contributed by atoms with E-state index in [1.54, 1.807) is 6.07 Å². The average Bonchev–Trinajstić information content (AvgIpc) is 2.27. The van der Waals surface area contributed by atoms with E-state index >= 15 is 0 Å². The van der Waals surface area contributed by atoms with Crippen LogP contribution in [0.2, 0.25) is 5.02 Å². The van der Waals surface area contributed by atoms with Gasteiger partial charge in [0.2, 0.25) is 0 Å². The number of hydrogen-bond acceptors (Lipinski definition) is 2. The molecular weight excluding hydrogens is 265 g/mol. The fourth-order valence-electron chi connectivity index (χ4n) is 2.16. The summed E-state index contributed by atoms with van der Waals surface area (Å²) >= 11 is 5.75. The molecule has 1 unspecified atom stereocenters. The quantitative estimate of drug-likeness (QED) is 0.854. The molecule has 6 heteroatoms. The third-order valence-electron chi connectivity index (χ3n) is 3.03. The summed E-state index contributed by atoms with van der Waals surface area (Å²) in [5.41, 5.74) is 5.60. The molecule has 2 rings (SSSR count). The lowest BCUT2D eigenvalue weighted by Gasteiger charge is -2.33. The maximum atomic E-state index is 12.7. The van der Waals surface area contributed by atoms with E-state index in [1.165, 1.54) is 0 Å². The Hall–Kier alpha value is -0.940.